The van der Waals surface area contributed by atoms with Crippen molar-refractivity contribution in [1.29, 1.82) is 0 Å². The van der Waals surface area contributed by atoms with Crippen molar-refractivity contribution in [2.24, 2.45) is 0 Å². The minimum absolute atomic E-state index is 0.183. The van der Waals surface area contributed by atoms with Crippen LogP contribution in [0.5, 0.6) is 0 Å². The van der Waals surface area contributed by atoms with Crippen molar-refractivity contribution < 1.29 is 8.42 Å². The second-order valence-corrected chi connectivity index (χ2v) is 6.67. The standard InChI is InChI=1S/C12H13BrClNO2S/c1-3-7-15(8-4-2)18(16,17)10-5-6-12(14)11(13)9-10/h3-6,9H,1-2,7-8H2. The van der Waals surface area contributed by atoms with E-state index in [1.54, 1.807) is 6.07 Å². The summed E-state index contributed by atoms with van der Waals surface area (Å²) in [7, 11) is -3.56. The van der Waals surface area contributed by atoms with Crippen LogP contribution in [0.1, 0.15) is 0 Å². The third kappa shape index (κ3) is 3.45. The van der Waals surface area contributed by atoms with Crippen molar-refractivity contribution in [3.05, 3.63) is 53.0 Å². The second-order valence-electron chi connectivity index (χ2n) is 3.48. The Hall–Kier alpha value is -0.620. The van der Waals surface area contributed by atoms with Crippen molar-refractivity contribution >= 4 is 37.6 Å². The molecule has 1 aromatic carbocycles. The highest BCUT2D eigenvalue weighted by Gasteiger charge is 2.22. The van der Waals surface area contributed by atoms with Crippen molar-refractivity contribution in [2.75, 3.05) is 13.1 Å². The van der Waals surface area contributed by atoms with Crippen LogP contribution >= 0.6 is 27.5 Å². The van der Waals surface area contributed by atoms with Crippen LogP contribution in [0.25, 0.3) is 0 Å². The van der Waals surface area contributed by atoms with Gasteiger partial charge in [0.2, 0.25) is 10.0 Å². The van der Waals surface area contributed by atoms with Gasteiger partial charge < -0.3 is 0 Å². The minimum Gasteiger partial charge on any atom is -0.207 e. The molecule has 0 saturated carbocycles. The van der Waals surface area contributed by atoms with E-state index in [4.69, 9.17) is 11.6 Å². The molecule has 0 unspecified atom stereocenters. The summed E-state index contributed by atoms with van der Waals surface area (Å²) < 4.78 is 26.5. The summed E-state index contributed by atoms with van der Waals surface area (Å²) in [5.41, 5.74) is 0. The molecule has 0 bridgehead atoms. The van der Waals surface area contributed by atoms with Gasteiger partial charge >= 0.3 is 0 Å². The second kappa shape index (κ2) is 6.52. The molecule has 1 aromatic rings. The van der Waals surface area contributed by atoms with Crippen molar-refractivity contribution in [1.82, 2.24) is 4.31 Å². The number of hydrogen-bond acceptors (Lipinski definition) is 2. The highest BCUT2D eigenvalue weighted by atomic mass is 79.9. The topological polar surface area (TPSA) is 37.4 Å². The van der Waals surface area contributed by atoms with Gasteiger partial charge in [0.1, 0.15) is 0 Å². The Morgan fingerprint density at radius 1 is 1.28 bits per heavy atom. The first-order valence-electron chi connectivity index (χ1n) is 5.10. The first kappa shape index (κ1) is 15.4. The summed E-state index contributed by atoms with van der Waals surface area (Å²) >= 11 is 9.06. The Labute approximate surface area is 121 Å². The Morgan fingerprint density at radius 2 is 1.83 bits per heavy atom. The van der Waals surface area contributed by atoms with Gasteiger partial charge in [-0.1, -0.05) is 23.8 Å². The predicted molar refractivity (Wildman–Crippen MR) is 78.3 cm³/mol. The lowest BCUT2D eigenvalue weighted by atomic mass is 10.4. The zero-order chi connectivity index (χ0) is 13.8. The van der Waals surface area contributed by atoms with Crippen LogP contribution in [0.15, 0.2) is 52.9 Å². The number of nitrogens with zero attached hydrogens (tertiary/aromatic N) is 1. The fraction of sp³-hybridized carbons (Fsp3) is 0.167. The van der Waals surface area contributed by atoms with E-state index in [0.717, 1.165) is 0 Å². The maximum Gasteiger partial charge on any atom is 0.243 e. The molecule has 0 fully saturated rings. The molecule has 6 heteroatoms. The fourth-order valence-corrected chi connectivity index (χ4v) is 3.40. The molecule has 0 heterocycles. The summed E-state index contributed by atoms with van der Waals surface area (Å²) in [6.45, 7) is 7.56. The fourth-order valence-electron chi connectivity index (χ4n) is 1.35. The molecule has 0 aromatic heterocycles. The van der Waals surface area contributed by atoms with Gasteiger partial charge in [0, 0.05) is 17.6 Å². The summed E-state index contributed by atoms with van der Waals surface area (Å²) in [4.78, 5) is 0.183. The SMILES string of the molecule is C=CCN(CC=C)S(=O)(=O)c1ccc(Cl)c(Br)c1. The maximum atomic E-state index is 12.3. The summed E-state index contributed by atoms with van der Waals surface area (Å²) in [5.74, 6) is 0. The van der Waals surface area contributed by atoms with E-state index in [9.17, 15) is 8.42 Å². The maximum absolute atomic E-state index is 12.3. The quantitative estimate of drug-likeness (QED) is 0.737. The van der Waals surface area contributed by atoms with Crippen LogP contribution in [0.4, 0.5) is 0 Å². The Kier molecular flexibility index (Phi) is 5.59. The van der Waals surface area contributed by atoms with Gasteiger partial charge in [-0.25, -0.2) is 8.42 Å². The van der Waals surface area contributed by atoms with E-state index in [2.05, 4.69) is 29.1 Å². The molecule has 0 saturated heterocycles. The molecule has 3 nitrogen and oxygen atoms in total. The largest absolute Gasteiger partial charge is 0.243 e. The molecule has 18 heavy (non-hydrogen) atoms. The number of hydrogen-bond donors (Lipinski definition) is 0. The first-order chi connectivity index (χ1) is 8.43. The number of sulfonamides is 1. The third-order valence-corrected chi connectivity index (χ3v) is 5.24. The van der Waals surface area contributed by atoms with Crippen LogP contribution in [0, 0.1) is 0 Å². The Bertz CT molecular complexity index is 547. The van der Waals surface area contributed by atoms with Crippen LogP contribution < -0.4 is 0 Å². The molecule has 0 aliphatic rings. The zero-order valence-corrected chi connectivity index (χ0v) is 12.8. The van der Waals surface area contributed by atoms with E-state index >= 15 is 0 Å². The zero-order valence-electron chi connectivity index (χ0n) is 9.64. The molecule has 98 valence electrons. The molecule has 0 atom stereocenters. The monoisotopic (exact) mass is 349 g/mol. The van der Waals surface area contributed by atoms with Gasteiger partial charge in [0.15, 0.2) is 0 Å². The summed E-state index contributed by atoms with van der Waals surface area (Å²) in [6, 6.07) is 4.50. The van der Waals surface area contributed by atoms with Crippen LogP contribution in [-0.4, -0.2) is 25.8 Å². The third-order valence-electron chi connectivity index (χ3n) is 2.19. The Balaban J connectivity index is 3.21. The van der Waals surface area contributed by atoms with Gasteiger partial charge in [-0.3, -0.25) is 0 Å². The summed E-state index contributed by atoms with van der Waals surface area (Å²) in [6.07, 6.45) is 3.07. The average molecular weight is 351 g/mol. The van der Waals surface area contributed by atoms with E-state index in [1.165, 1.54) is 28.6 Å². The van der Waals surface area contributed by atoms with Gasteiger partial charge in [0.05, 0.1) is 9.92 Å². The smallest absolute Gasteiger partial charge is 0.207 e. The molecule has 0 amide bonds. The van der Waals surface area contributed by atoms with Crippen molar-refractivity contribution in [3.8, 4) is 0 Å². The molecule has 0 N–H and O–H groups in total. The van der Waals surface area contributed by atoms with E-state index < -0.39 is 10.0 Å². The van der Waals surface area contributed by atoms with Crippen LogP contribution in [-0.2, 0) is 10.0 Å². The number of halogens is 2. The van der Waals surface area contributed by atoms with E-state index in [-0.39, 0.29) is 18.0 Å². The lowest BCUT2D eigenvalue weighted by molar-refractivity contribution is 0.474. The van der Waals surface area contributed by atoms with Gasteiger partial charge in [-0.2, -0.15) is 4.31 Å². The average Bonchev–Trinajstić information content (AvgIpc) is 2.32. The normalized spacial score (nSPS) is 11.5. The molecule has 0 aliphatic carbocycles. The molecule has 0 radical (unpaired) electrons. The number of rotatable bonds is 6. The summed E-state index contributed by atoms with van der Waals surface area (Å²) in [5, 5.41) is 0.466. The van der Waals surface area contributed by atoms with Crippen LogP contribution in [0.2, 0.25) is 5.02 Å². The first-order valence-corrected chi connectivity index (χ1v) is 7.71. The molecule has 0 aliphatic heterocycles. The predicted octanol–water partition coefficient (Wildman–Crippen LogP) is 3.47. The van der Waals surface area contributed by atoms with E-state index in [0.29, 0.717) is 9.50 Å². The van der Waals surface area contributed by atoms with Crippen molar-refractivity contribution in [2.45, 2.75) is 4.90 Å². The highest BCUT2D eigenvalue weighted by molar-refractivity contribution is 9.10. The molecule has 1 rings (SSSR count). The minimum atomic E-state index is -3.56. The lowest BCUT2D eigenvalue weighted by Gasteiger charge is -2.19. The van der Waals surface area contributed by atoms with Crippen LogP contribution in [0.3, 0.4) is 0 Å². The molecular weight excluding hydrogens is 338 g/mol. The lowest BCUT2D eigenvalue weighted by Crippen LogP contribution is -2.31. The molecular formula is C12H13BrClNO2S. The van der Waals surface area contributed by atoms with Gasteiger partial charge in [-0.05, 0) is 34.1 Å². The number of benzene rings is 1. The van der Waals surface area contributed by atoms with Gasteiger partial charge in [-0.15, -0.1) is 13.2 Å². The molecule has 0 spiro atoms. The van der Waals surface area contributed by atoms with Gasteiger partial charge in [0.25, 0.3) is 0 Å². The highest BCUT2D eigenvalue weighted by Crippen LogP contribution is 2.26. The van der Waals surface area contributed by atoms with Crippen molar-refractivity contribution in [3.63, 3.8) is 0 Å². The van der Waals surface area contributed by atoms with E-state index in [1.807, 2.05) is 0 Å². The Morgan fingerprint density at radius 3 is 2.28 bits per heavy atom.